The number of hydrogen-bond donors (Lipinski definition) is 0. The standard InChI is InChI=1S/C15H20N3O3P/c1-20-15(19)10-3-5-11(6-4-10)21-13-7-8-16-14-12(13)9-17-18(14)22-2/h7-11,22H,3-6H2,1-2H3. The van der Waals surface area contributed by atoms with Crippen molar-refractivity contribution < 1.29 is 14.3 Å². The Balaban J connectivity index is 1.70. The van der Waals surface area contributed by atoms with Gasteiger partial charge in [-0.05, 0) is 38.4 Å². The Labute approximate surface area is 131 Å². The van der Waals surface area contributed by atoms with Crippen molar-refractivity contribution in [1.82, 2.24) is 14.5 Å². The molecule has 1 atom stereocenters. The molecule has 0 aromatic carbocycles. The molecule has 0 amide bonds. The maximum absolute atomic E-state index is 11.6. The first kappa shape index (κ1) is 15.2. The topological polar surface area (TPSA) is 66.2 Å². The van der Waals surface area contributed by atoms with Crippen LogP contribution in [0.2, 0.25) is 0 Å². The van der Waals surface area contributed by atoms with Crippen LogP contribution in [0.5, 0.6) is 5.75 Å². The first-order chi connectivity index (χ1) is 10.7. The summed E-state index contributed by atoms with van der Waals surface area (Å²) < 4.78 is 12.8. The monoisotopic (exact) mass is 321 g/mol. The van der Waals surface area contributed by atoms with Crippen LogP contribution in [-0.4, -0.2) is 40.4 Å². The molecule has 0 N–H and O–H groups in total. The van der Waals surface area contributed by atoms with Crippen LogP contribution in [0.3, 0.4) is 0 Å². The lowest BCUT2D eigenvalue weighted by Gasteiger charge is -2.27. The molecule has 1 saturated carbocycles. The van der Waals surface area contributed by atoms with Gasteiger partial charge in [0.05, 0.1) is 30.7 Å². The summed E-state index contributed by atoms with van der Waals surface area (Å²) in [5.41, 5.74) is 0.863. The zero-order valence-corrected chi connectivity index (χ0v) is 13.8. The molecule has 3 rings (SSSR count). The second kappa shape index (κ2) is 6.61. The Morgan fingerprint density at radius 1 is 1.36 bits per heavy atom. The number of hydrogen-bond acceptors (Lipinski definition) is 5. The number of nitrogens with zero attached hydrogens (tertiary/aromatic N) is 3. The normalized spacial score (nSPS) is 22.3. The number of esters is 1. The molecule has 2 heterocycles. The Hall–Kier alpha value is -1.68. The van der Waals surface area contributed by atoms with Crippen molar-refractivity contribution >= 4 is 25.7 Å². The highest BCUT2D eigenvalue weighted by Gasteiger charge is 2.28. The van der Waals surface area contributed by atoms with Gasteiger partial charge in [-0.25, -0.2) is 9.44 Å². The molecule has 1 unspecified atom stereocenters. The van der Waals surface area contributed by atoms with Gasteiger partial charge in [-0.3, -0.25) is 4.79 Å². The van der Waals surface area contributed by atoms with Crippen LogP contribution >= 0.6 is 8.73 Å². The molecule has 0 aliphatic heterocycles. The summed E-state index contributed by atoms with van der Waals surface area (Å²) in [7, 11) is 1.99. The minimum atomic E-state index is -0.102. The van der Waals surface area contributed by atoms with Crippen molar-refractivity contribution in [2.75, 3.05) is 13.8 Å². The molecular weight excluding hydrogens is 301 g/mol. The highest BCUT2D eigenvalue weighted by molar-refractivity contribution is 7.35. The molecule has 7 heteroatoms. The number of methoxy groups -OCH3 is 1. The van der Waals surface area contributed by atoms with Crippen molar-refractivity contribution in [1.29, 1.82) is 0 Å². The SMILES string of the molecule is COC(=O)C1CCC(Oc2ccnc3c2cnn3PC)CC1. The van der Waals surface area contributed by atoms with E-state index in [0.717, 1.165) is 42.5 Å². The van der Waals surface area contributed by atoms with Gasteiger partial charge in [0.2, 0.25) is 0 Å². The molecule has 1 aliphatic rings. The maximum atomic E-state index is 11.6. The summed E-state index contributed by atoms with van der Waals surface area (Å²) in [6, 6.07) is 1.89. The van der Waals surface area contributed by atoms with Crippen LogP contribution in [0.25, 0.3) is 11.0 Å². The Bertz CT molecular complexity index is 665. The summed E-state index contributed by atoms with van der Waals surface area (Å²) in [5.74, 6) is 0.748. The first-order valence-electron chi connectivity index (χ1n) is 7.48. The summed E-state index contributed by atoms with van der Waals surface area (Å²) in [6.07, 6.45) is 7.09. The highest BCUT2D eigenvalue weighted by Crippen LogP contribution is 2.32. The van der Waals surface area contributed by atoms with E-state index in [-0.39, 0.29) is 18.0 Å². The summed E-state index contributed by atoms with van der Waals surface area (Å²) in [5, 5.41) is 5.29. The second-order valence-electron chi connectivity index (χ2n) is 5.44. The predicted molar refractivity (Wildman–Crippen MR) is 85.6 cm³/mol. The number of pyridine rings is 1. The molecule has 0 spiro atoms. The third kappa shape index (κ3) is 2.93. The van der Waals surface area contributed by atoms with Crippen molar-refractivity contribution in [3.8, 4) is 5.75 Å². The van der Waals surface area contributed by atoms with E-state index >= 15 is 0 Å². The number of rotatable bonds is 4. The fourth-order valence-corrected chi connectivity index (χ4v) is 3.50. The average Bonchev–Trinajstić information content (AvgIpc) is 2.99. The predicted octanol–water partition coefficient (Wildman–Crippen LogP) is 2.61. The molecule has 2 aromatic heterocycles. The molecule has 2 aromatic rings. The molecule has 0 bridgehead atoms. The Morgan fingerprint density at radius 3 is 2.82 bits per heavy atom. The summed E-state index contributed by atoms with van der Waals surface area (Å²) >= 11 is 0. The number of carbonyl (C=O) groups is 1. The van der Waals surface area contributed by atoms with Crippen molar-refractivity contribution in [3.05, 3.63) is 18.5 Å². The largest absolute Gasteiger partial charge is 0.490 e. The van der Waals surface area contributed by atoms with E-state index in [0.29, 0.717) is 8.73 Å². The van der Waals surface area contributed by atoms with Crippen molar-refractivity contribution in [2.24, 2.45) is 5.92 Å². The molecule has 118 valence electrons. The van der Waals surface area contributed by atoms with Gasteiger partial charge in [0.1, 0.15) is 5.75 Å². The highest BCUT2D eigenvalue weighted by atomic mass is 31.1. The van der Waals surface area contributed by atoms with Gasteiger partial charge in [0, 0.05) is 14.9 Å². The van der Waals surface area contributed by atoms with E-state index in [1.165, 1.54) is 7.11 Å². The van der Waals surface area contributed by atoms with Gasteiger partial charge >= 0.3 is 5.97 Å². The maximum Gasteiger partial charge on any atom is 0.308 e. The number of aromatic nitrogens is 3. The molecule has 22 heavy (non-hydrogen) atoms. The van der Waals surface area contributed by atoms with E-state index in [2.05, 4.69) is 16.7 Å². The number of fused-ring (bicyclic) bond motifs is 1. The van der Waals surface area contributed by atoms with E-state index in [9.17, 15) is 4.79 Å². The van der Waals surface area contributed by atoms with Gasteiger partial charge in [0.25, 0.3) is 0 Å². The summed E-state index contributed by atoms with van der Waals surface area (Å²) in [4.78, 5) is 15.9. The molecule has 1 aliphatic carbocycles. The zero-order valence-electron chi connectivity index (χ0n) is 12.8. The van der Waals surface area contributed by atoms with E-state index in [4.69, 9.17) is 9.47 Å². The van der Waals surface area contributed by atoms with Crippen LogP contribution in [0, 0.1) is 5.92 Å². The molecular formula is C15H20N3O3P. The van der Waals surface area contributed by atoms with E-state index < -0.39 is 0 Å². The fourth-order valence-electron chi connectivity index (χ4n) is 2.93. The first-order valence-corrected chi connectivity index (χ1v) is 8.92. The average molecular weight is 321 g/mol. The van der Waals surface area contributed by atoms with Crippen LogP contribution in [0.4, 0.5) is 0 Å². The van der Waals surface area contributed by atoms with Crippen LogP contribution < -0.4 is 4.74 Å². The molecule has 6 nitrogen and oxygen atoms in total. The van der Waals surface area contributed by atoms with Gasteiger partial charge < -0.3 is 9.47 Å². The van der Waals surface area contributed by atoms with Crippen molar-refractivity contribution in [2.45, 2.75) is 31.8 Å². The van der Waals surface area contributed by atoms with Crippen LogP contribution in [-0.2, 0) is 9.53 Å². The lowest BCUT2D eigenvalue weighted by molar-refractivity contribution is -0.147. The lowest BCUT2D eigenvalue weighted by Crippen LogP contribution is -2.28. The van der Waals surface area contributed by atoms with Gasteiger partial charge in [-0.1, -0.05) is 0 Å². The van der Waals surface area contributed by atoms with Crippen LogP contribution in [0.15, 0.2) is 18.5 Å². The second-order valence-corrected chi connectivity index (χ2v) is 6.31. The van der Waals surface area contributed by atoms with Gasteiger partial charge in [0.15, 0.2) is 5.65 Å². The number of ether oxygens (including phenoxy) is 2. The molecule has 1 fully saturated rings. The third-order valence-electron chi connectivity index (χ3n) is 4.15. The number of carbonyl (C=O) groups excluding carboxylic acids is 1. The zero-order chi connectivity index (χ0) is 15.5. The minimum absolute atomic E-state index is 0.0198. The molecule has 0 radical (unpaired) electrons. The minimum Gasteiger partial charge on any atom is -0.490 e. The van der Waals surface area contributed by atoms with Gasteiger partial charge in [-0.15, -0.1) is 0 Å². The van der Waals surface area contributed by atoms with Crippen molar-refractivity contribution in [3.63, 3.8) is 0 Å². The van der Waals surface area contributed by atoms with Gasteiger partial charge in [-0.2, -0.15) is 5.10 Å². The van der Waals surface area contributed by atoms with Crippen LogP contribution in [0.1, 0.15) is 25.7 Å². The Morgan fingerprint density at radius 2 is 2.14 bits per heavy atom. The lowest BCUT2D eigenvalue weighted by atomic mass is 9.87. The summed E-state index contributed by atoms with van der Waals surface area (Å²) in [6.45, 7) is 2.07. The molecule has 0 saturated heterocycles. The van der Waals surface area contributed by atoms with E-state index in [1.54, 1.807) is 6.20 Å². The smallest absolute Gasteiger partial charge is 0.308 e. The van der Waals surface area contributed by atoms with E-state index in [1.807, 2.05) is 16.7 Å². The third-order valence-corrected chi connectivity index (χ3v) is 4.90. The Kier molecular flexibility index (Phi) is 4.57. The quantitative estimate of drug-likeness (QED) is 0.640. The fraction of sp³-hybridized carbons (Fsp3) is 0.533.